The molecule has 0 bridgehead atoms. The van der Waals surface area contributed by atoms with Gasteiger partial charge in [-0.25, -0.2) is 0 Å². The van der Waals surface area contributed by atoms with Gasteiger partial charge in [-0.1, -0.05) is 26.8 Å². The fraction of sp³-hybridized carbons (Fsp3) is 0.882. The van der Waals surface area contributed by atoms with Crippen LogP contribution in [0.3, 0.4) is 0 Å². The van der Waals surface area contributed by atoms with Crippen LogP contribution in [-0.4, -0.2) is 25.3 Å². The molecule has 1 rings (SSSR count). The summed E-state index contributed by atoms with van der Waals surface area (Å²) in [5, 5.41) is 3.67. The van der Waals surface area contributed by atoms with Gasteiger partial charge in [-0.05, 0) is 56.9 Å². The molecule has 1 fully saturated rings. The molecule has 1 aliphatic carbocycles. The van der Waals surface area contributed by atoms with E-state index in [1.807, 2.05) is 13.2 Å². The van der Waals surface area contributed by atoms with E-state index in [9.17, 15) is 0 Å². The van der Waals surface area contributed by atoms with Crippen LogP contribution in [0.15, 0.2) is 12.7 Å². The van der Waals surface area contributed by atoms with Crippen molar-refractivity contribution in [1.29, 1.82) is 0 Å². The van der Waals surface area contributed by atoms with Crippen molar-refractivity contribution in [3.8, 4) is 0 Å². The second kappa shape index (κ2) is 7.44. The Kier molecular flexibility index (Phi) is 6.55. The molecule has 0 aromatic carbocycles. The molecule has 0 radical (unpaired) electrons. The van der Waals surface area contributed by atoms with E-state index in [0.717, 1.165) is 13.0 Å². The maximum atomic E-state index is 6.03. The van der Waals surface area contributed by atoms with Gasteiger partial charge in [-0.2, -0.15) is 0 Å². The molecule has 112 valence electrons. The van der Waals surface area contributed by atoms with Gasteiger partial charge >= 0.3 is 0 Å². The monoisotopic (exact) mass is 267 g/mol. The van der Waals surface area contributed by atoms with Crippen molar-refractivity contribution in [2.45, 2.75) is 77.4 Å². The van der Waals surface area contributed by atoms with E-state index in [1.54, 1.807) is 0 Å². The largest absolute Gasteiger partial charge is 0.377 e. The van der Waals surface area contributed by atoms with Gasteiger partial charge in [0, 0.05) is 13.2 Å². The van der Waals surface area contributed by atoms with Gasteiger partial charge in [-0.3, -0.25) is 0 Å². The third-order valence-electron chi connectivity index (χ3n) is 4.84. The van der Waals surface area contributed by atoms with Gasteiger partial charge in [0.2, 0.25) is 0 Å². The molecule has 0 aliphatic heterocycles. The smallest absolute Gasteiger partial charge is 0.0831 e. The second-order valence-electron chi connectivity index (χ2n) is 6.76. The molecule has 19 heavy (non-hydrogen) atoms. The highest BCUT2D eigenvalue weighted by Crippen LogP contribution is 2.44. The summed E-state index contributed by atoms with van der Waals surface area (Å²) in [4.78, 5) is 0. The maximum absolute atomic E-state index is 6.03. The molecular weight excluding hydrogens is 234 g/mol. The molecule has 1 atom stereocenters. The number of methoxy groups -OCH3 is 1. The van der Waals surface area contributed by atoms with Crippen molar-refractivity contribution in [3.05, 3.63) is 12.7 Å². The highest BCUT2D eigenvalue weighted by Gasteiger charge is 2.43. The molecule has 1 aliphatic rings. The molecule has 1 saturated carbocycles. The fourth-order valence-electron chi connectivity index (χ4n) is 3.31. The summed E-state index contributed by atoms with van der Waals surface area (Å²) in [6, 6.07) is 0.485. The van der Waals surface area contributed by atoms with Crippen molar-refractivity contribution in [3.63, 3.8) is 0 Å². The average molecular weight is 267 g/mol. The van der Waals surface area contributed by atoms with Crippen LogP contribution in [0.5, 0.6) is 0 Å². The lowest BCUT2D eigenvalue weighted by Crippen LogP contribution is -2.54. The Morgan fingerprint density at radius 3 is 2.37 bits per heavy atom. The summed E-state index contributed by atoms with van der Waals surface area (Å²) >= 11 is 0. The third kappa shape index (κ3) is 4.61. The lowest BCUT2D eigenvalue weighted by molar-refractivity contribution is -0.0878. The highest BCUT2D eigenvalue weighted by molar-refractivity contribution is 4.98. The van der Waals surface area contributed by atoms with Crippen LogP contribution in [0.2, 0.25) is 0 Å². The van der Waals surface area contributed by atoms with E-state index in [-0.39, 0.29) is 5.60 Å². The molecule has 0 aromatic heterocycles. The zero-order chi connectivity index (χ0) is 14.4. The third-order valence-corrected chi connectivity index (χ3v) is 4.84. The zero-order valence-electron chi connectivity index (χ0n) is 13.4. The van der Waals surface area contributed by atoms with E-state index in [0.29, 0.717) is 11.5 Å². The molecule has 0 saturated heterocycles. The summed E-state index contributed by atoms with van der Waals surface area (Å²) in [5.74, 6) is 0. The minimum atomic E-state index is 0.0483. The number of nitrogens with one attached hydrogen (secondary N) is 1. The van der Waals surface area contributed by atoms with Crippen molar-refractivity contribution in [2.24, 2.45) is 5.41 Å². The molecule has 1 unspecified atom stereocenters. The van der Waals surface area contributed by atoms with Crippen LogP contribution in [-0.2, 0) is 4.74 Å². The predicted molar refractivity (Wildman–Crippen MR) is 83.5 cm³/mol. The maximum Gasteiger partial charge on any atom is 0.0831 e. The Morgan fingerprint density at radius 1 is 1.26 bits per heavy atom. The number of likely N-dealkylation sites (N-methyl/N-ethyl adjacent to an activating group) is 1. The molecule has 2 heteroatoms. The summed E-state index contributed by atoms with van der Waals surface area (Å²) in [6.07, 6.45) is 10.4. The topological polar surface area (TPSA) is 21.3 Å². The first-order chi connectivity index (χ1) is 8.99. The summed E-state index contributed by atoms with van der Waals surface area (Å²) in [6.45, 7) is 11.8. The van der Waals surface area contributed by atoms with Crippen LogP contribution < -0.4 is 5.32 Å². The normalized spacial score (nSPS) is 22.9. The molecule has 0 heterocycles. The van der Waals surface area contributed by atoms with Crippen LogP contribution in [0, 0.1) is 5.41 Å². The van der Waals surface area contributed by atoms with E-state index >= 15 is 0 Å². The number of allylic oxidation sites excluding steroid dienone is 1. The Bertz CT molecular complexity index is 262. The zero-order valence-corrected chi connectivity index (χ0v) is 13.4. The average Bonchev–Trinajstić information content (AvgIpc) is 2.39. The van der Waals surface area contributed by atoms with Crippen LogP contribution in [0.25, 0.3) is 0 Å². The Hall–Kier alpha value is -0.340. The molecular formula is C17H33NO. The Balaban J connectivity index is 2.69. The molecule has 0 aromatic rings. The van der Waals surface area contributed by atoms with Gasteiger partial charge in [-0.15, -0.1) is 6.58 Å². The predicted octanol–water partition coefficient (Wildman–Crippen LogP) is 4.31. The minimum Gasteiger partial charge on any atom is -0.377 e. The van der Waals surface area contributed by atoms with E-state index in [2.05, 4.69) is 32.7 Å². The lowest BCUT2D eigenvalue weighted by Gasteiger charge is -2.47. The van der Waals surface area contributed by atoms with Gasteiger partial charge < -0.3 is 10.1 Å². The minimum absolute atomic E-state index is 0.0483. The van der Waals surface area contributed by atoms with Crippen LogP contribution in [0.4, 0.5) is 0 Å². The lowest BCUT2D eigenvalue weighted by atomic mass is 9.67. The first-order valence-corrected chi connectivity index (χ1v) is 7.89. The second-order valence-corrected chi connectivity index (χ2v) is 6.76. The molecule has 2 nitrogen and oxygen atoms in total. The van der Waals surface area contributed by atoms with Crippen LogP contribution >= 0.6 is 0 Å². The van der Waals surface area contributed by atoms with Crippen molar-refractivity contribution in [2.75, 3.05) is 13.7 Å². The van der Waals surface area contributed by atoms with Gasteiger partial charge in [0.15, 0.2) is 0 Å². The molecule has 1 N–H and O–H groups in total. The van der Waals surface area contributed by atoms with E-state index in [1.165, 1.54) is 38.5 Å². The number of unbranched alkanes of at least 4 members (excludes halogenated alkanes) is 1. The highest BCUT2D eigenvalue weighted by atomic mass is 16.5. The van der Waals surface area contributed by atoms with E-state index < -0.39 is 0 Å². The van der Waals surface area contributed by atoms with E-state index in [4.69, 9.17) is 4.74 Å². The quantitative estimate of drug-likeness (QED) is 0.523. The molecule has 0 amide bonds. The SMILES string of the molecule is C=CCCCC(NCC)C1(OC)CCC(C)(C)CC1. The first kappa shape index (κ1) is 16.7. The Morgan fingerprint density at radius 2 is 1.89 bits per heavy atom. The van der Waals surface area contributed by atoms with Crippen molar-refractivity contribution < 1.29 is 4.74 Å². The number of rotatable bonds is 8. The summed E-state index contributed by atoms with van der Waals surface area (Å²) < 4.78 is 6.03. The van der Waals surface area contributed by atoms with Crippen LogP contribution in [0.1, 0.15) is 65.7 Å². The number of hydrogen-bond donors (Lipinski definition) is 1. The number of ether oxygens (including phenoxy) is 1. The standard InChI is InChI=1S/C17H33NO/c1-6-8-9-10-15(18-7-2)17(19-5)13-11-16(3,4)12-14-17/h6,15,18H,1,7-14H2,2-5H3. The summed E-state index contributed by atoms with van der Waals surface area (Å²) in [7, 11) is 1.90. The van der Waals surface area contributed by atoms with Gasteiger partial charge in [0.1, 0.15) is 0 Å². The van der Waals surface area contributed by atoms with Gasteiger partial charge in [0.25, 0.3) is 0 Å². The van der Waals surface area contributed by atoms with Gasteiger partial charge in [0.05, 0.1) is 5.60 Å². The van der Waals surface area contributed by atoms with Crippen molar-refractivity contribution in [1.82, 2.24) is 5.32 Å². The molecule has 0 spiro atoms. The fourth-order valence-corrected chi connectivity index (χ4v) is 3.31. The van der Waals surface area contributed by atoms with Crippen molar-refractivity contribution >= 4 is 0 Å². The Labute approximate surface area is 120 Å². The first-order valence-electron chi connectivity index (χ1n) is 7.89. The summed E-state index contributed by atoms with van der Waals surface area (Å²) in [5.41, 5.74) is 0.534. The number of hydrogen-bond acceptors (Lipinski definition) is 2.